The summed E-state index contributed by atoms with van der Waals surface area (Å²) in [5.74, 6) is 1.68. The second-order valence-corrected chi connectivity index (χ2v) is 17.4. The second kappa shape index (κ2) is 13.7. The molecule has 0 spiro atoms. The lowest BCUT2D eigenvalue weighted by Crippen LogP contribution is -2.02. The largest absolute Gasteiger partial charge is 0.456 e. The maximum Gasteiger partial charge on any atom is 0.164 e. The predicted octanol–water partition coefficient (Wildman–Crippen LogP) is 16.4. The summed E-state index contributed by atoms with van der Waals surface area (Å²) < 4.78 is 16.1. The lowest BCUT2D eigenvalue weighted by atomic mass is 10.0. The number of benzene rings is 11. The van der Waals surface area contributed by atoms with Crippen molar-refractivity contribution in [2.75, 3.05) is 0 Å². The summed E-state index contributed by atoms with van der Waals surface area (Å²) in [4.78, 5) is 16.2. The SMILES string of the molecule is c1ccc2cc3c(cc2c1)c1c2ccccc2ccc1n3-c1ccc(-c2nc(-c3cccc4ccccc34)nc(-c3cccc4oc5ccccc5c34)n2)c2c1oc1c3ccccc3ccc12. The van der Waals surface area contributed by atoms with Crippen molar-refractivity contribution in [3.05, 3.63) is 206 Å². The van der Waals surface area contributed by atoms with Crippen LogP contribution in [0.15, 0.2) is 215 Å². The van der Waals surface area contributed by atoms with Gasteiger partial charge in [0.15, 0.2) is 23.1 Å². The molecule has 6 nitrogen and oxygen atoms in total. The first-order chi connectivity index (χ1) is 33.2. The molecule has 4 heterocycles. The number of hydrogen-bond acceptors (Lipinski definition) is 5. The summed E-state index contributed by atoms with van der Waals surface area (Å²) in [6, 6.07) is 72.6. The summed E-state index contributed by atoms with van der Waals surface area (Å²) in [7, 11) is 0. The van der Waals surface area contributed by atoms with Gasteiger partial charge in [-0.15, -0.1) is 0 Å². The molecule has 67 heavy (non-hydrogen) atoms. The molecule has 15 aromatic rings. The highest BCUT2D eigenvalue weighted by atomic mass is 16.3. The van der Waals surface area contributed by atoms with E-state index in [0.29, 0.717) is 17.5 Å². The number of nitrogens with zero attached hydrogens (tertiary/aromatic N) is 4. The Morgan fingerprint density at radius 1 is 0.299 bits per heavy atom. The molecule has 15 rings (SSSR count). The van der Waals surface area contributed by atoms with E-state index in [9.17, 15) is 0 Å². The fourth-order valence-corrected chi connectivity index (χ4v) is 10.8. The average Bonchev–Trinajstić information content (AvgIpc) is 4.08. The molecule has 4 aromatic heterocycles. The van der Waals surface area contributed by atoms with Gasteiger partial charge in [-0.2, -0.15) is 0 Å². The van der Waals surface area contributed by atoms with Gasteiger partial charge in [0.2, 0.25) is 0 Å². The van der Waals surface area contributed by atoms with Crippen LogP contribution in [0.3, 0.4) is 0 Å². The van der Waals surface area contributed by atoms with E-state index in [1.165, 1.54) is 32.3 Å². The van der Waals surface area contributed by atoms with Crippen LogP contribution in [-0.4, -0.2) is 19.5 Å². The molecule has 0 N–H and O–H groups in total. The molecule has 6 heteroatoms. The minimum atomic E-state index is 0.546. The Labute approximate surface area is 381 Å². The molecule has 0 saturated heterocycles. The van der Waals surface area contributed by atoms with Crippen molar-refractivity contribution in [3.63, 3.8) is 0 Å². The fraction of sp³-hybridized carbons (Fsp3) is 0. The van der Waals surface area contributed by atoms with Crippen LogP contribution >= 0.6 is 0 Å². The molecule has 0 atom stereocenters. The second-order valence-electron chi connectivity index (χ2n) is 17.4. The highest BCUT2D eigenvalue weighted by molar-refractivity contribution is 6.25. The first-order valence-corrected chi connectivity index (χ1v) is 22.6. The zero-order chi connectivity index (χ0) is 43.7. The molecular formula is C61H34N4O2. The first kappa shape index (κ1) is 36.2. The molecule has 0 unspecified atom stereocenters. The molecule has 11 aromatic carbocycles. The van der Waals surface area contributed by atoms with Crippen molar-refractivity contribution < 1.29 is 8.83 Å². The maximum atomic E-state index is 7.33. The Morgan fingerprint density at radius 2 is 0.866 bits per heavy atom. The lowest BCUT2D eigenvalue weighted by molar-refractivity contribution is 0.669. The Morgan fingerprint density at radius 3 is 1.67 bits per heavy atom. The van der Waals surface area contributed by atoms with Crippen molar-refractivity contribution in [3.8, 4) is 39.9 Å². The molecule has 0 fully saturated rings. The third-order valence-electron chi connectivity index (χ3n) is 13.8. The Kier molecular flexibility index (Phi) is 7.40. The first-order valence-electron chi connectivity index (χ1n) is 22.6. The number of hydrogen-bond donors (Lipinski definition) is 0. The van der Waals surface area contributed by atoms with Gasteiger partial charge in [-0.05, 0) is 86.2 Å². The molecule has 0 saturated carbocycles. The van der Waals surface area contributed by atoms with Crippen molar-refractivity contribution in [1.82, 2.24) is 19.5 Å². The third kappa shape index (κ3) is 5.23. The molecule has 310 valence electrons. The predicted molar refractivity (Wildman–Crippen MR) is 275 cm³/mol. The Hall–Kier alpha value is -9.13. The molecule has 0 radical (unpaired) electrons. The van der Waals surface area contributed by atoms with Gasteiger partial charge in [0.05, 0.1) is 16.7 Å². The van der Waals surface area contributed by atoms with E-state index in [1.807, 2.05) is 30.3 Å². The molecule has 0 aliphatic rings. The van der Waals surface area contributed by atoms with Crippen LogP contribution < -0.4 is 0 Å². The van der Waals surface area contributed by atoms with Crippen LogP contribution in [0.5, 0.6) is 0 Å². The smallest absolute Gasteiger partial charge is 0.164 e. The summed E-state index contributed by atoms with van der Waals surface area (Å²) in [6.45, 7) is 0. The van der Waals surface area contributed by atoms with Crippen LogP contribution in [0, 0.1) is 0 Å². The van der Waals surface area contributed by atoms with Crippen molar-refractivity contribution in [2.45, 2.75) is 0 Å². The molecule has 0 aliphatic carbocycles. The zero-order valence-corrected chi connectivity index (χ0v) is 35.7. The molecule has 0 aliphatic heterocycles. The van der Waals surface area contributed by atoms with E-state index >= 15 is 0 Å². The normalized spacial score (nSPS) is 12.2. The van der Waals surface area contributed by atoms with E-state index in [-0.39, 0.29) is 0 Å². The van der Waals surface area contributed by atoms with Crippen LogP contribution in [0.2, 0.25) is 0 Å². The van der Waals surface area contributed by atoms with E-state index < -0.39 is 0 Å². The third-order valence-corrected chi connectivity index (χ3v) is 13.8. The van der Waals surface area contributed by atoms with Gasteiger partial charge < -0.3 is 13.4 Å². The van der Waals surface area contributed by atoms with Gasteiger partial charge in [-0.1, -0.05) is 158 Å². The van der Waals surface area contributed by atoms with Crippen molar-refractivity contribution in [1.29, 1.82) is 0 Å². The van der Waals surface area contributed by atoms with E-state index in [0.717, 1.165) is 98.8 Å². The van der Waals surface area contributed by atoms with Crippen LogP contribution in [0.1, 0.15) is 0 Å². The lowest BCUT2D eigenvalue weighted by Gasteiger charge is -2.13. The van der Waals surface area contributed by atoms with E-state index in [4.69, 9.17) is 23.8 Å². The van der Waals surface area contributed by atoms with E-state index in [2.05, 4.69) is 180 Å². The minimum Gasteiger partial charge on any atom is -0.456 e. The summed E-state index contributed by atoms with van der Waals surface area (Å²) in [6.07, 6.45) is 0. The van der Waals surface area contributed by atoms with Gasteiger partial charge in [-0.25, -0.2) is 15.0 Å². The molecule has 0 bridgehead atoms. The summed E-state index contributed by atoms with van der Waals surface area (Å²) >= 11 is 0. The van der Waals surface area contributed by atoms with Crippen molar-refractivity contribution in [2.24, 2.45) is 0 Å². The highest BCUT2D eigenvalue weighted by Crippen LogP contribution is 2.46. The Balaban J connectivity index is 1.08. The summed E-state index contributed by atoms with van der Waals surface area (Å²) in [5.41, 5.74) is 8.93. The minimum absolute atomic E-state index is 0.546. The van der Waals surface area contributed by atoms with Crippen LogP contribution in [0.4, 0.5) is 0 Å². The fourth-order valence-electron chi connectivity index (χ4n) is 10.8. The van der Waals surface area contributed by atoms with Crippen LogP contribution in [0.25, 0.3) is 149 Å². The monoisotopic (exact) mass is 854 g/mol. The number of rotatable bonds is 4. The molecule has 0 amide bonds. The van der Waals surface area contributed by atoms with Crippen LogP contribution in [-0.2, 0) is 0 Å². The standard InChI is InChI=1S/C61H34N4O2/c1-2-17-39-34-51-48(33-38(39)16-1)54-41-20-7-4-14-36(41)28-31-49(54)65(51)50-32-30-47(56-45-29-27-37-15-5-8-21-42(37)57(45)67-58(50)56)61-63-59(43-23-11-18-35-13-3-6-19-40(35)43)62-60(64-61)46-24-12-26-53-55(46)44-22-9-10-25-52(44)66-53/h1-34H. The number of fused-ring (bicyclic) bond motifs is 15. The summed E-state index contributed by atoms with van der Waals surface area (Å²) in [5, 5.41) is 15.4. The van der Waals surface area contributed by atoms with Gasteiger partial charge in [0.1, 0.15) is 16.7 Å². The Bertz CT molecular complexity index is 4590. The topological polar surface area (TPSA) is 69.9 Å². The van der Waals surface area contributed by atoms with E-state index in [1.54, 1.807) is 0 Å². The number of para-hydroxylation sites is 1. The maximum absolute atomic E-state index is 7.33. The van der Waals surface area contributed by atoms with Gasteiger partial charge in [-0.3, -0.25) is 0 Å². The quantitative estimate of drug-likeness (QED) is 0.176. The number of aromatic nitrogens is 4. The molecular weight excluding hydrogens is 821 g/mol. The average molecular weight is 855 g/mol. The number of furan rings is 2. The van der Waals surface area contributed by atoms with Gasteiger partial charge in [0, 0.05) is 54.4 Å². The van der Waals surface area contributed by atoms with Crippen molar-refractivity contribution >= 4 is 109 Å². The van der Waals surface area contributed by atoms with Gasteiger partial charge in [0.25, 0.3) is 0 Å². The zero-order valence-electron chi connectivity index (χ0n) is 35.7. The highest BCUT2D eigenvalue weighted by Gasteiger charge is 2.26. The van der Waals surface area contributed by atoms with Gasteiger partial charge >= 0.3 is 0 Å².